The van der Waals surface area contributed by atoms with Crippen molar-refractivity contribution in [2.24, 2.45) is 0 Å². The molecule has 1 atom stereocenters. The molecular formula is C10H18N4O3. The van der Waals surface area contributed by atoms with Crippen LogP contribution in [0.4, 0.5) is 0 Å². The van der Waals surface area contributed by atoms with E-state index < -0.39 is 0 Å². The van der Waals surface area contributed by atoms with E-state index in [2.05, 4.69) is 20.8 Å². The first-order valence-corrected chi connectivity index (χ1v) is 5.40. The molecule has 0 bridgehead atoms. The van der Waals surface area contributed by atoms with Crippen LogP contribution in [-0.2, 0) is 16.1 Å². The van der Waals surface area contributed by atoms with E-state index in [1.807, 2.05) is 6.92 Å². The van der Waals surface area contributed by atoms with Crippen molar-refractivity contribution in [3.8, 4) is 0 Å². The lowest BCUT2D eigenvalue weighted by Crippen LogP contribution is -2.40. The van der Waals surface area contributed by atoms with Crippen molar-refractivity contribution in [3.63, 3.8) is 0 Å². The van der Waals surface area contributed by atoms with Crippen LogP contribution in [-0.4, -0.2) is 42.4 Å². The first kappa shape index (κ1) is 13.6. The lowest BCUT2D eigenvalue weighted by molar-refractivity contribution is -0.121. The van der Waals surface area contributed by atoms with Crippen molar-refractivity contribution in [3.05, 3.63) is 11.7 Å². The molecule has 0 aliphatic rings. The Balaban J connectivity index is 2.16. The zero-order valence-corrected chi connectivity index (χ0v) is 10.3. The maximum atomic E-state index is 11.4. The van der Waals surface area contributed by atoms with Crippen molar-refractivity contribution >= 4 is 5.91 Å². The van der Waals surface area contributed by atoms with Gasteiger partial charge in [0.2, 0.25) is 11.8 Å². The van der Waals surface area contributed by atoms with Crippen LogP contribution in [0.15, 0.2) is 4.52 Å². The molecule has 7 heteroatoms. The molecule has 0 aromatic carbocycles. The minimum absolute atomic E-state index is 0.0000473. The van der Waals surface area contributed by atoms with Crippen LogP contribution in [0, 0.1) is 6.92 Å². The van der Waals surface area contributed by atoms with Gasteiger partial charge in [-0.1, -0.05) is 5.16 Å². The average Bonchev–Trinajstić information content (AvgIpc) is 2.64. The maximum absolute atomic E-state index is 11.4. The third kappa shape index (κ3) is 5.41. The SMILES string of the molecule is COCC(C)NC(=O)CNCc1nc(C)no1. The standard InChI is InChI=1S/C10H18N4O3/c1-7(6-16-3)12-9(15)4-11-5-10-13-8(2)14-17-10/h7,11H,4-6H2,1-3H3,(H,12,15). The first-order chi connectivity index (χ1) is 8.11. The van der Waals surface area contributed by atoms with Crippen LogP contribution in [0.1, 0.15) is 18.6 Å². The fourth-order valence-corrected chi connectivity index (χ4v) is 1.31. The summed E-state index contributed by atoms with van der Waals surface area (Å²) >= 11 is 0. The summed E-state index contributed by atoms with van der Waals surface area (Å²) in [6, 6.07) is -0.0000473. The summed E-state index contributed by atoms with van der Waals surface area (Å²) in [5, 5.41) is 9.34. The number of nitrogens with one attached hydrogen (secondary N) is 2. The number of rotatable bonds is 7. The van der Waals surface area contributed by atoms with Crippen molar-refractivity contribution in [1.82, 2.24) is 20.8 Å². The molecule has 1 heterocycles. The molecule has 0 aliphatic heterocycles. The summed E-state index contributed by atoms with van der Waals surface area (Å²) in [5.74, 6) is 0.964. The Kier molecular flexibility index (Phi) is 5.58. The number of methoxy groups -OCH3 is 1. The Labute approximate surface area is 99.9 Å². The predicted molar refractivity (Wildman–Crippen MR) is 60.2 cm³/mol. The third-order valence-electron chi connectivity index (χ3n) is 1.96. The summed E-state index contributed by atoms with van der Waals surface area (Å²) in [5.41, 5.74) is 0. The van der Waals surface area contributed by atoms with Crippen molar-refractivity contribution in [2.45, 2.75) is 26.4 Å². The van der Waals surface area contributed by atoms with Crippen LogP contribution in [0.25, 0.3) is 0 Å². The van der Waals surface area contributed by atoms with Crippen LogP contribution < -0.4 is 10.6 Å². The van der Waals surface area contributed by atoms with E-state index >= 15 is 0 Å². The number of hydrogen-bond acceptors (Lipinski definition) is 6. The molecule has 7 nitrogen and oxygen atoms in total. The van der Waals surface area contributed by atoms with E-state index in [9.17, 15) is 4.79 Å². The normalized spacial score (nSPS) is 12.4. The molecule has 1 amide bonds. The number of carbonyl (C=O) groups excluding carboxylic acids is 1. The molecule has 0 saturated carbocycles. The lowest BCUT2D eigenvalue weighted by Gasteiger charge is -2.12. The molecule has 96 valence electrons. The highest BCUT2D eigenvalue weighted by Gasteiger charge is 2.07. The Morgan fingerprint density at radius 1 is 1.59 bits per heavy atom. The number of hydrogen-bond donors (Lipinski definition) is 2. The van der Waals surface area contributed by atoms with Crippen LogP contribution in [0.5, 0.6) is 0 Å². The van der Waals surface area contributed by atoms with Crippen LogP contribution in [0.2, 0.25) is 0 Å². The molecule has 0 aliphatic carbocycles. The fraction of sp³-hybridized carbons (Fsp3) is 0.700. The number of ether oxygens (including phenoxy) is 1. The van der Waals surface area contributed by atoms with Crippen molar-refractivity contribution in [2.75, 3.05) is 20.3 Å². The largest absolute Gasteiger partial charge is 0.383 e. The fourth-order valence-electron chi connectivity index (χ4n) is 1.31. The van der Waals surface area contributed by atoms with E-state index in [0.717, 1.165) is 0 Å². The second-order valence-electron chi connectivity index (χ2n) is 3.76. The van der Waals surface area contributed by atoms with Crippen LogP contribution >= 0.6 is 0 Å². The summed E-state index contributed by atoms with van der Waals surface area (Å²) in [6.45, 7) is 4.70. The minimum Gasteiger partial charge on any atom is -0.383 e. The van der Waals surface area contributed by atoms with Gasteiger partial charge in [-0.25, -0.2) is 0 Å². The highest BCUT2D eigenvalue weighted by atomic mass is 16.5. The van der Waals surface area contributed by atoms with Crippen molar-refractivity contribution < 1.29 is 14.1 Å². The van der Waals surface area contributed by atoms with Gasteiger partial charge in [0.25, 0.3) is 0 Å². The number of carbonyl (C=O) groups is 1. The molecule has 0 radical (unpaired) electrons. The number of nitrogens with zero attached hydrogens (tertiary/aromatic N) is 2. The Bertz CT molecular complexity index is 353. The van der Waals surface area contributed by atoms with Gasteiger partial charge in [-0.2, -0.15) is 4.98 Å². The molecule has 1 aromatic heterocycles. The molecule has 2 N–H and O–H groups in total. The van der Waals surface area contributed by atoms with Gasteiger partial charge in [0.1, 0.15) is 0 Å². The Hall–Kier alpha value is -1.47. The highest BCUT2D eigenvalue weighted by molar-refractivity contribution is 5.78. The Morgan fingerprint density at radius 3 is 2.94 bits per heavy atom. The molecule has 17 heavy (non-hydrogen) atoms. The maximum Gasteiger partial charge on any atom is 0.240 e. The van der Waals surface area contributed by atoms with E-state index in [0.29, 0.717) is 24.9 Å². The van der Waals surface area contributed by atoms with Gasteiger partial charge in [-0.3, -0.25) is 10.1 Å². The minimum atomic E-state index is -0.0919. The van der Waals surface area contributed by atoms with Gasteiger partial charge in [-0.05, 0) is 13.8 Å². The molecule has 1 rings (SSSR count). The van der Waals surface area contributed by atoms with E-state index in [4.69, 9.17) is 9.26 Å². The lowest BCUT2D eigenvalue weighted by atomic mass is 10.3. The number of aromatic nitrogens is 2. The smallest absolute Gasteiger partial charge is 0.240 e. The molecule has 0 saturated heterocycles. The summed E-state index contributed by atoms with van der Waals surface area (Å²) in [4.78, 5) is 15.4. The molecule has 1 unspecified atom stereocenters. The first-order valence-electron chi connectivity index (χ1n) is 5.40. The van der Waals surface area contributed by atoms with E-state index in [1.165, 1.54) is 0 Å². The molecular weight excluding hydrogens is 224 g/mol. The monoisotopic (exact) mass is 242 g/mol. The van der Waals surface area contributed by atoms with E-state index in [-0.39, 0.29) is 18.5 Å². The van der Waals surface area contributed by atoms with Gasteiger partial charge in [0.15, 0.2) is 5.82 Å². The Morgan fingerprint density at radius 2 is 2.35 bits per heavy atom. The predicted octanol–water partition coefficient (Wildman–Crippen LogP) is -0.381. The molecule has 0 spiro atoms. The number of amides is 1. The second-order valence-corrected chi connectivity index (χ2v) is 3.76. The van der Waals surface area contributed by atoms with Gasteiger partial charge in [0.05, 0.1) is 19.7 Å². The summed E-state index contributed by atoms with van der Waals surface area (Å²) in [6.07, 6.45) is 0. The third-order valence-corrected chi connectivity index (χ3v) is 1.96. The quantitative estimate of drug-likeness (QED) is 0.677. The van der Waals surface area contributed by atoms with Gasteiger partial charge in [0, 0.05) is 13.2 Å². The zero-order chi connectivity index (χ0) is 12.7. The summed E-state index contributed by atoms with van der Waals surface area (Å²) < 4.78 is 9.80. The molecule has 0 fully saturated rings. The number of aryl methyl sites for hydroxylation is 1. The average molecular weight is 242 g/mol. The van der Waals surface area contributed by atoms with Gasteiger partial charge in [-0.15, -0.1) is 0 Å². The molecule has 1 aromatic rings. The van der Waals surface area contributed by atoms with Gasteiger partial charge >= 0.3 is 0 Å². The van der Waals surface area contributed by atoms with E-state index in [1.54, 1.807) is 14.0 Å². The zero-order valence-electron chi connectivity index (χ0n) is 10.3. The highest BCUT2D eigenvalue weighted by Crippen LogP contribution is 1.93. The summed E-state index contributed by atoms with van der Waals surface area (Å²) in [7, 11) is 1.60. The topological polar surface area (TPSA) is 89.3 Å². The van der Waals surface area contributed by atoms with Gasteiger partial charge < -0.3 is 14.6 Å². The van der Waals surface area contributed by atoms with Crippen molar-refractivity contribution in [1.29, 1.82) is 0 Å². The van der Waals surface area contributed by atoms with Crippen LogP contribution in [0.3, 0.4) is 0 Å². The second kappa shape index (κ2) is 6.97.